The summed E-state index contributed by atoms with van der Waals surface area (Å²) in [6.45, 7) is 1.42. The predicted octanol–water partition coefficient (Wildman–Crippen LogP) is -0.667. The molecule has 0 spiro atoms. The van der Waals surface area contributed by atoms with Gasteiger partial charge in [0.15, 0.2) is 0 Å². The van der Waals surface area contributed by atoms with Crippen LogP contribution in [0.1, 0.15) is 17.9 Å². The molecule has 1 aromatic rings. The average Bonchev–Trinajstić information content (AvgIpc) is 2.85. The van der Waals surface area contributed by atoms with E-state index in [1.807, 2.05) is 0 Å². The molecule has 19 heavy (non-hydrogen) atoms. The number of aromatic nitrogens is 1. The second kappa shape index (κ2) is 4.91. The van der Waals surface area contributed by atoms with Gasteiger partial charge in [0, 0.05) is 19.0 Å². The molecule has 2 atom stereocenters. The van der Waals surface area contributed by atoms with Gasteiger partial charge in [-0.05, 0) is 6.92 Å². The molecule has 106 valence electrons. The molecule has 2 heterocycles. The second-order valence-electron chi connectivity index (χ2n) is 4.50. The molecule has 8 nitrogen and oxygen atoms in total. The number of sulfonamides is 1. The lowest BCUT2D eigenvalue weighted by molar-refractivity contribution is -0.140. The maximum atomic E-state index is 12.1. The molecule has 9 heteroatoms. The minimum absolute atomic E-state index is 0.105. The number of aliphatic hydroxyl groups is 1. The van der Waals surface area contributed by atoms with E-state index in [4.69, 9.17) is 9.63 Å². The summed E-state index contributed by atoms with van der Waals surface area (Å²) in [4.78, 5) is 11.0. The molecule has 1 saturated heterocycles. The van der Waals surface area contributed by atoms with Gasteiger partial charge >= 0.3 is 5.97 Å². The molecule has 1 aromatic heterocycles. The number of hydrogen-bond acceptors (Lipinski definition) is 6. The van der Waals surface area contributed by atoms with Crippen LogP contribution in [0.15, 0.2) is 10.6 Å². The van der Waals surface area contributed by atoms with Gasteiger partial charge in [0.1, 0.15) is 23.2 Å². The van der Waals surface area contributed by atoms with Crippen LogP contribution in [0.4, 0.5) is 0 Å². The van der Waals surface area contributed by atoms with E-state index in [1.54, 1.807) is 6.92 Å². The average molecular weight is 290 g/mol. The van der Waals surface area contributed by atoms with Gasteiger partial charge in [-0.3, -0.25) is 4.79 Å². The Morgan fingerprint density at radius 1 is 1.63 bits per heavy atom. The Labute approximate surface area is 109 Å². The van der Waals surface area contributed by atoms with Crippen molar-refractivity contribution < 1.29 is 27.9 Å². The fraction of sp³-hybridized carbons (Fsp3) is 0.600. The quantitative estimate of drug-likeness (QED) is 0.754. The molecule has 0 bridgehead atoms. The van der Waals surface area contributed by atoms with Crippen molar-refractivity contribution in [3.05, 3.63) is 17.5 Å². The SMILES string of the molecule is Cc1cc(CS(=O)(=O)N2CC(O)CC2C(=O)O)no1. The molecule has 2 rings (SSSR count). The number of aliphatic hydroxyl groups excluding tert-OH is 1. The number of carboxylic acid groups (broad SMARTS) is 1. The third kappa shape index (κ3) is 2.94. The number of aryl methyl sites for hydroxylation is 1. The Hall–Kier alpha value is -1.45. The van der Waals surface area contributed by atoms with E-state index in [0.29, 0.717) is 5.76 Å². The third-order valence-electron chi connectivity index (χ3n) is 2.88. The zero-order valence-corrected chi connectivity index (χ0v) is 11.0. The molecule has 1 fully saturated rings. The number of carboxylic acids is 1. The van der Waals surface area contributed by atoms with Crippen LogP contribution in [-0.2, 0) is 20.6 Å². The largest absolute Gasteiger partial charge is 0.480 e. The fourth-order valence-corrected chi connectivity index (χ4v) is 3.71. The van der Waals surface area contributed by atoms with Crippen LogP contribution in [-0.4, -0.2) is 52.8 Å². The van der Waals surface area contributed by atoms with Gasteiger partial charge in [-0.25, -0.2) is 8.42 Å². The molecule has 0 aliphatic carbocycles. The highest BCUT2D eigenvalue weighted by atomic mass is 32.2. The van der Waals surface area contributed by atoms with Crippen molar-refractivity contribution >= 4 is 16.0 Å². The van der Waals surface area contributed by atoms with Crippen LogP contribution in [0.2, 0.25) is 0 Å². The van der Waals surface area contributed by atoms with Gasteiger partial charge in [0.25, 0.3) is 0 Å². The first kappa shape index (κ1) is 14.0. The normalized spacial score (nSPS) is 24.7. The highest BCUT2D eigenvalue weighted by Crippen LogP contribution is 2.24. The Morgan fingerprint density at radius 2 is 2.32 bits per heavy atom. The summed E-state index contributed by atoms with van der Waals surface area (Å²) in [6, 6.07) is 0.243. The lowest BCUT2D eigenvalue weighted by Crippen LogP contribution is -2.41. The van der Waals surface area contributed by atoms with E-state index in [-0.39, 0.29) is 18.7 Å². The molecule has 2 unspecified atom stereocenters. The molecule has 0 aromatic carbocycles. The summed E-state index contributed by atoms with van der Waals surface area (Å²) < 4.78 is 29.9. The van der Waals surface area contributed by atoms with Gasteiger partial charge in [-0.2, -0.15) is 4.31 Å². The number of β-amino-alcohol motifs (C(OH)–C–C–N with tert-alkyl or cyclic N) is 1. The first-order chi connectivity index (χ1) is 8.79. The summed E-state index contributed by atoms with van der Waals surface area (Å²) in [5.41, 5.74) is 0.211. The molecule has 2 N–H and O–H groups in total. The number of carbonyl (C=O) groups is 1. The number of aliphatic carboxylic acids is 1. The van der Waals surface area contributed by atoms with Crippen LogP contribution in [0.25, 0.3) is 0 Å². The van der Waals surface area contributed by atoms with Crippen molar-refractivity contribution in [1.29, 1.82) is 0 Å². The maximum Gasteiger partial charge on any atom is 0.322 e. The summed E-state index contributed by atoms with van der Waals surface area (Å²) in [6.07, 6.45) is -1.07. The van der Waals surface area contributed by atoms with Crippen molar-refractivity contribution in [3.63, 3.8) is 0 Å². The fourth-order valence-electron chi connectivity index (χ4n) is 2.07. The van der Waals surface area contributed by atoms with Crippen LogP contribution < -0.4 is 0 Å². The van der Waals surface area contributed by atoms with Crippen LogP contribution in [0.3, 0.4) is 0 Å². The molecular weight excluding hydrogens is 276 g/mol. The van der Waals surface area contributed by atoms with Crippen molar-refractivity contribution in [3.8, 4) is 0 Å². The molecule has 0 amide bonds. The Bertz CT molecular complexity index is 581. The van der Waals surface area contributed by atoms with E-state index in [2.05, 4.69) is 5.16 Å². The first-order valence-corrected chi connectivity index (χ1v) is 7.23. The smallest absolute Gasteiger partial charge is 0.322 e. The third-order valence-corrected chi connectivity index (χ3v) is 4.66. The second-order valence-corrected chi connectivity index (χ2v) is 6.42. The first-order valence-electron chi connectivity index (χ1n) is 5.62. The highest BCUT2D eigenvalue weighted by molar-refractivity contribution is 7.88. The minimum atomic E-state index is -3.86. The van der Waals surface area contributed by atoms with Gasteiger partial charge in [0.05, 0.1) is 6.10 Å². The van der Waals surface area contributed by atoms with Gasteiger partial charge in [-0.15, -0.1) is 0 Å². The Morgan fingerprint density at radius 3 is 2.84 bits per heavy atom. The summed E-state index contributed by atoms with van der Waals surface area (Å²) in [7, 11) is -3.86. The monoisotopic (exact) mass is 290 g/mol. The van der Waals surface area contributed by atoms with E-state index in [9.17, 15) is 18.3 Å². The van der Waals surface area contributed by atoms with Crippen molar-refractivity contribution in [1.82, 2.24) is 9.46 Å². The van der Waals surface area contributed by atoms with Crippen LogP contribution >= 0.6 is 0 Å². The van der Waals surface area contributed by atoms with Crippen molar-refractivity contribution in [2.75, 3.05) is 6.54 Å². The van der Waals surface area contributed by atoms with E-state index in [0.717, 1.165) is 4.31 Å². The van der Waals surface area contributed by atoms with Crippen molar-refractivity contribution in [2.24, 2.45) is 0 Å². The molecule has 1 aliphatic heterocycles. The summed E-state index contributed by atoms with van der Waals surface area (Å²) >= 11 is 0. The van der Waals surface area contributed by atoms with E-state index < -0.39 is 33.9 Å². The van der Waals surface area contributed by atoms with Gasteiger partial charge in [0.2, 0.25) is 10.0 Å². The highest BCUT2D eigenvalue weighted by Gasteiger charge is 2.43. The lowest BCUT2D eigenvalue weighted by atomic mass is 10.2. The maximum absolute atomic E-state index is 12.1. The molecule has 0 saturated carbocycles. The predicted molar refractivity (Wildman–Crippen MR) is 62.6 cm³/mol. The zero-order valence-electron chi connectivity index (χ0n) is 10.2. The Balaban J connectivity index is 2.21. The van der Waals surface area contributed by atoms with E-state index >= 15 is 0 Å². The van der Waals surface area contributed by atoms with Gasteiger partial charge < -0.3 is 14.7 Å². The number of hydrogen-bond donors (Lipinski definition) is 2. The molecular formula is C10H14N2O6S. The van der Waals surface area contributed by atoms with Gasteiger partial charge in [-0.1, -0.05) is 5.16 Å². The van der Waals surface area contributed by atoms with Crippen LogP contribution in [0.5, 0.6) is 0 Å². The van der Waals surface area contributed by atoms with Crippen LogP contribution in [0, 0.1) is 6.92 Å². The Kier molecular flexibility index (Phi) is 3.61. The number of nitrogens with zero attached hydrogens (tertiary/aromatic N) is 2. The summed E-state index contributed by atoms with van der Waals surface area (Å²) in [5, 5.41) is 22.0. The topological polar surface area (TPSA) is 121 Å². The van der Waals surface area contributed by atoms with Crippen molar-refractivity contribution in [2.45, 2.75) is 31.2 Å². The minimum Gasteiger partial charge on any atom is -0.480 e. The molecule has 0 radical (unpaired) electrons. The zero-order chi connectivity index (χ0) is 14.2. The summed E-state index contributed by atoms with van der Waals surface area (Å²) in [5.74, 6) is -1.24. The molecule has 1 aliphatic rings. The lowest BCUT2D eigenvalue weighted by Gasteiger charge is -2.19. The number of rotatable bonds is 4. The standard InChI is InChI=1S/C10H14N2O6S/c1-6-2-7(11-18-6)5-19(16,17)12-4-8(13)3-9(12)10(14)15/h2,8-9,13H,3-5H2,1H3,(H,14,15). The van der Waals surface area contributed by atoms with E-state index in [1.165, 1.54) is 6.07 Å².